The standard InChI is InChI=1S/C24H29N3O2/c1-24(2,3)20-12-9-18(10-13-20)11-14-22(28)27-16-6-7-19(17-27)23(29)26-21-8-4-5-15-25-21/h4-5,8-15,19H,6-7,16-17H2,1-3H3,(H,25,26,29)/b14-11+. The van der Waals surface area contributed by atoms with Crippen molar-refractivity contribution in [3.63, 3.8) is 0 Å². The average Bonchev–Trinajstić information content (AvgIpc) is 2.72. The average molecular weight is 392 g/mol. The minimum Gasteiger partial charge on any atom is -0.338 e. The summed E-state index contributed by atoms with van der Waals surface area (Å²) >= 11 is 0. The van der Waals surface area contributed by atoms with Crippen LogP contribution in [-0.2, 0) is 15.0 Å². The van der Waals surface area contributed by atoms with Crippen LogP contribution in [0, 0.1) is 5.92 Å². The molecule has 1 unspecified atom stereocenters. The van der Waals surface area contributed by atoms with Crippen LogP contribution in [0.5, 0.6) is 0 Å². The van der Waals surface area contributed by atoms with Crippen LogP contribution >= 0.6 is 0 Å². The van der Waals surface area contributed by atoms with Crippen molar-refractivity contribution in [3.05, 3.63) is 65.9 Å². The molecule has 5 nitrogen and oxygen atoms in total. The van der Waals surface area contributed by atoms with Crippen LogP contribution in [-0.4, -0.2) is 34.8 Å². The molecule has 0 spiro atoms. The van der Waals surface area contributed by atoms with Gasteiger partial charge in [-0.05, 0) is 47.6 Å². The van der Waals surface area contributed by atoms with Crippen molar-refractivity contribution < 1.29 is 9.59 Å². The van der Waals surface area contributed by atoms with E-state index in [-0.39, 0.29) is 23.1 Å². The fourth-order valence-electron chi connectivity index (χ4n) is 3.42. The SMILES string of the molecule is CC(C)(C)c1ccc(/C=C/C(=O)N2CCCC(C(=O)Nc3ccccn3)C2)cc1. The zero-order chi connectivity index (χ0) is 20.9. The number of nitrogens with one attached hydrogen (secondary N) is 1. The van der Waals surface area contributed by atoms with E-state index >= 15 is 0 Å². The highest BCUT2D eigenvalue weighted by Crippen LogP contribution is 2.23. The first-order valence-corrected chi connectivity index (χ1v) is 10.1. The number of hydrogen-bond acceptors (Lipinski definition) is 3. The second-order valence-corrected chi connectivity index (χ2v) is 8.53. The quantitative estimate of drug-likeness (QED) is 0.792. The lowest BCUT2D eigenvalue weighted by atomic mass is 9.87. The van der Waals surface area contributed by atoms with Gasteiger partial charge in [-0.15, -0.1) is 0 Å². The molecule has 1 aliphatic heterocycles. The van der Waals surface area contributed by atoms with E-state index < -0.39 is 0 Å². The van der Waals surface area contributed by atoms with E-state index in [4.69, 9.17) is 0 Å². The Morgan fingerprint density at radius 2 is 1.90 bits per heavy atom. The van der Waals surface area contributed by atoms with Gasteiger partial charge in [-0.2, -0.15) is 0 Å². The Kier molecular flexibility index (Phi) is 6.47. The maximum Gasteiger partial charge on any atom is 0.246 e. The topological polar surface area (TPSA) is 62.3 Å². The summed E-state index contributed by atoms with van der Waals surface area (Å²) in [6.45, 7) is 7.65. The Labute approximate surface area is 172 Å². The lowest BCUT2D eigenvalue weighted by Crippen LogP contribution is -2.43. The number of pyridine rings is 1. The summed E-state index contributed by atoms with van der Waals surface area (Å²) in [6.07, 6.45) is 6.68. The van der Waals surface area contributed by atoms with Gasteiger partial charge in [0.05, 0.1) is 5.92 Å². The van der Waals surface area contributed by atoms with Crippen LogP contribution in [0.4, 0.5) is 5.82 Å². The smallest absolute Gasteiger partial charge is 0.246 e. The van der Waals surface area contributed by atoms with Crippen molar-refractivity contribution in [2.75, 3.05) is 18.4 Å². The van der Waals surface area contributed by atoms with Crippen molar-refractivity contribution in [1.82, 2.24) is 9.88 Å². The minimum atomic E-state index is -0.214. The number of likely N-dealkylation sites (tertiary alicyclic amines) is 1. The molecule has 1 aromatic heterocycles. The third kappa shape index (κ3) is 5.76. The lowest BCUT2D eigenvalue weighted by molar-refractivity contribution is -0.130. The monoisotopic (exact) mass is 391 g/mol. The van der Waals surface area contributed by atoms with Gasteiger partial charge in [0.1, 0.15) is 5.82 Å². The molecule has 5 heteroatoms. The molecule has 0 radical (unpaired) electrons. The second-order valence-electron chi connectivity index (χ2n) is 8.53. The molecule has 3 rings (SSSR count). The molecule has 0 aliphatic carbocycles. The normalized spacial score (nSPS) is 17.3. The van der Waals surface area contributed by atoms with E-state index in [1.807, 2.05) is 24.3 Å². The third-order valence-corrected chi connectivity index (χ3v) is 5.22. The number of nitrogens with zero attached hydrogens (tertiary/aromatic N) is 2. The zero-order valence-electron chi connectivity index (χ0n) is 17.4. The van der Waals surface area contributed by atoms with E-state index in [2.05, 4.69) is 43.2 Å². The summed E-state index contributed by atoms with van der Waals surface area (Å²) < 4.78 is 0. The van der Waals surface area contributed by atoms with Crippen molar-refractivity contribution >= 4 is 23.7 Å². The number of aromatic nitrogens is 1. The van der Waals surface area contributed by atoms with Gasteiger partial charge in [0.15, 0.2) is 0 Å². The minimum absolute atomic E-state index is 0.0553. The molecule has 1 fully saturated rings. The highest BCUT2D eigenvalue weighted by molar-refractivity contribution is 5.94. The van der Waals surface area contributed by atoms with Gasteiger partial charge in [-0.25, -0.2) is 4.98 Å². The van der Waals surface area contributed by atoms with Crippen LogP contribution in [0.15, 0.2) is 54.7 Å². The Morgan fingerprint density at radius 1 is 1.14 bits per heavy atom. The molecule has 1 N–H and O–H groups in total. The summed E-state index contributed by atoms with van der Waals surface area (Å²) in [4.78, 5) is 31.0. The molecule has 0 bridgehead atoms. The van der Waals surface area contributed by atoms with Gasteiger partial charge in [0.25, 0.3) is 0 Å². The van der Waals surface area contributed by atoms with E-state index in [0.717, 1.165) is 18.4 Å². The van der Waals surface area contributed by atoms with Gasteiger partial charge in [-0.1, -0.05) is 51.1 Å². The number of rotatable bonds is 4. The summed E-state index contributed by atoms with van der Waals surface area (Å²) in [5.41, 5.74) is 2.36. The predicted octanol–water partition coefficient (Wildman–Crippen LogP) is 4.27. The van der Waals surface area contributed by atoms with Gasteiger partial charge in [0.2, 0.25) is 11.8 Å². The number of piperidine rings is 1. The zero-order valence-corrected chi connectivity index (χ0v) is 17.4. The summed E-state index contributed by atoms with van der Waals surface area (Å²) in [7, 11) is 0. The molecule has 1 saturated heterocycles. The van der Waals surface area contributed by atoms with Gasteiger partial charge < -0.3 is 10.2 Å². The van der Waals surface area contributed by atoms with Crippen molar-refractivity contribution in [1.29, 1.82) is 0 Å². The maximum atomic E-state index is 12.6. The molecule has 2 aromatic rings. The highest BCUT2D eigenvalue weighted by Gasteiger charge is 2.27. The fourth-order valence-corrected chi connectivity index (χ4v) is 3.42. The molecule has 1 atom stereocenters. The Balaban J connectivity index is 1.57. The first kappa shape index (κ1) is 20.8. The van der Waals surface area contributed by atoms with Gasteiger partial charge >= 0.3 is 0 Å². The van der Waals surface area contributed by atoms with Crippen LogP contribution in [0.2, 0.25) is 0 Å². The van der Waals surface area contributed by atoms with Crippen LogP contribution in [0.3, 0.4) is 0 Å². The summed E-state index contributed by atoms with van der Waals surface area (Å²) in [5, 5.41) is 2.84. The number of anilines is 1. The van der Waals surface area contributed by atoms with E-state index in [9.17, 15) is 9.59 Å². The number of amides is 2. The number of carbonyl (C=O) groups excluding carboxylic acids is 2. The van der Waals surface area contributed by atoms with Gasteiger partial charge in [0, 0.05) is 25.4 Å². The predicted molar refractivity (Wildman–Crippen MR) is 116 cm³/mol. The van der Waals surface area contributed by atoms with E-state index in [1.54, 1.807) is 29.3 Å². The first-order valence-electron chi connectivity index (χ1n) is 10.1. The molecule has 1 aliphatic rings. The maximum absolute atomic E-state index is 12.6. The summed E-state index contributed by atoms with van der Waals surface area (Å²) in [6, 6.07) is 13.7. The first-order chi connectivity index (χ1) is 13.8. The van der Waals surface area contributed by atoms with E-state index in [1.165, 1.54) is 5.56 Å². The molecule has 2 heterocycles. The Morgan fingerprint density at radius 3 is 2.55 bits per heavy atom. The van der Waals surface area contributed by atoms with Crippen molar-refractivity contribution in [2.24, 2.45) is 5.92 Å². The summed E-state index contributed by atoms with van der Waals surface area (Å²) in [5.74, 6) is 0.192. The Bertz CT molecular complexity index is 867. The molecular formula is C24H29N3O2. The number of carbonyl (C=O) groups is 2. The largest absolute Gasteiger partial charge is 0.338 e. The molecular weight excluding hydrogens is 362 g/mol. The molecule has 1 aromatic carbocycles. The van der Waals surface area contributed by atoms with E-state index in [0.29, 0.717) is 18.9 Å². The molecule has 29 heavy (non-hydrogen) atoms. The molecule has 152 valence electrons. The van der Waals surface area contributed by atoms with Crippen molar-refractivity contribution in [2.45, 2.75) is 39.0 Å². The number of benzene rings is 1. The fraction of sp³-hybridized carbons (Fsp3) is 0.375. The van der Waals surface area contributed by atoms with Crippen molar-refractivity contribution in [3.8, 4) is 0 Å². The Hall–Kier alpha value is -2.95. The van der Waals surface area contributed by atoms with Gasteiger partial charge in [-0.3, -0.25) is 9.59 Å². The highest BCUT2D eigenvalue weighted by atomic mass is 16.2. The molecule has 2 amide bonds. The van der Waals surface area contributed by atoms with Crippen LogP contribution < -0.4 is 5.32 Å². The number of hydrogen-bond donors (Lipinski definition) is 1. The second kappa shape index (κ2) is 9.03. The van der Waals surface area contributed by atoms with Crippen LogP contribution in [0.1, 0.15) is 44.7 Å². The lowest BCUT2D eigenvalue weighted by Gasteiger charge is -2.31. The molecule has 0 saturated carbocycles. The van der Waals surface area contributed by atoms with Crippen LogP contribution in [0.25, 0.3) is 6.08 Å². The third-order valence-electron chi connectivity index (χ3n) is 5.22.